The number of anilines is 1. The van der Waals surface area contributed by atoms with Crippen molar-refractivity contribution in [2.24, 2.45) is 5.92 Å². The number of hydrogen-bond acceptors (Lipinski definition) is 6. The molecule has 2 fully saturated rings. The molecule has 0 saturated carbocycles. The fraction of sp³-hybridized carbons (Fsp3) is 0.429. The van der Waals surface area contributed by atoms with Crippen LogP contribution in [0.15, 0.2) is 65.8 Å². The van der Waals surface area contributed by atoms with Gasteiger partial charge in [-0.1, -0.05) is 23.7 Å². The second-order valence-corrected chi connectivity index (χ2v) is 12.8. The normalized spacial score (nSPS) is 20.1. The summed E-state index contributed by atoms with van der Waals surface area (Å²) < 4.78 is 28.8. The van der Waals surface area contributed by atoms with Crippen molar-refractivity contribution in [1.82, 2.24) is 19.1 Å². The Kier molecular flexibility index (Phi) is 7.90. The number of nitrogens with zero attached hydrogens (tertiary/aromatic N) is 5. The molecule has 5 rings (SSSR count). The molecule has 1 unspecified atom stereocenters. The molecule has 1 amide bonds. The third-order valence-corrected chi connectivity index (χ3v) is 9.82. The van der Waals surface area contributed by atoms with E-state index in [1.807, 2.05) is 36.7 Å². The lowest BCUT2D eigenvalue weighted by Crippen LogP contribution is -2.60. The van der Waals surface area contributed by atoms with E-state index in [-0.39, 0.29) is 17.3 Å². The van der Waals surface area contributed by atoms with Crippen LogP contribution in [-0.4, -0.2) is 92.8 Å². The molecule has 0 aliphatic carbocycles. The van der Waals surface area contributed by atoms with E-state index < -0.39 is 16.1 Å². The summed E-state index contributed by atoms with van der Waals surface area (Å²) in [7, 11) is -0.295. The van der Waals surface area contributed by atoms with Crippen molar-refractivity contribution in [2.45, 2.75) is 23.8 Å². The predicted octanol–water partition coefficient (Wildman–Crippen LogP) is 3.57. The van der Waals surface area contributed by atoms with Crippen molar-refractivity contribution < 1.29 is 13.2 Å². The zero-order chi connectivity index (χ0) is 26.9. The summed E-state index contributed by atoms with van der Waals surface area (Å²) in [4.78, 5) is 23.7. The highest BCUT2D eigenvalue weighted by molar-refractivity contribution is 7.89. The number of carbonyl (C=O) groups is 1. The van der Waals surface area contributed by atoms with Gasteiger partial charge in [-0.05, 0) is 65.9 Å². The maximum Gasteiger partial charge on any atom is 0.243 e. The van der Waals surface area contributed by atoms with Gasteiger partial charge in [0.2, 0.25) is 15.9 Å². The van der Waals surface area contributed by atoms with Crippen molar-refractivity contribution in [3.63, 3.8) is 0 Å². The largest absolute Gasteiger partial charge is 0.371 e. The number of hydrogen-bond donors (Lipinski definition) is 0. The summed E-state index contributed by atoms with van der Waals surface area (Å²) in [6.07, 6.45) is 5.70. The molecule has 0 radical (unpaired) electrons. The Labute approximate surface area is 229 Å². The molecule has 1 atom stereocenters. The fourth-order valence-corrected chi connectivity index (χ4v) is 7.18. The van der Waals surface area contributed by atoms with E-state index in [1.54, 1.807) is 43.3 Å². The van der Waals surface area contributed by atoms with Crippen LogP contribution < -0.4 is 4.90 Å². The quantitative estimate of drug-likeness (QED) is 0.463. The van der Waals surface area contributed by atoms with Crippen LogP contribution in [-0.2, 0) is 14.8 Å². The maximum absolute atomic E-state index is 13.6. The Morgan fingerprint density at radius 3 is 2.37 bits per heavy atom. The molecule has 2 aromatic carbocycles. The minimum absolute atomic E-state index is 0.0627. The molecule has 1 aromatic heterocycles. The van der Waals surface area contributed by atoms with Crippen molar-refractivity contribution in [1.29, 1.82) is 0 Å². The van der Waals surface area contributed by atoms with Gasteiger partial charge in [-0.25, -0.2) is 8.42 Å². The molecule has 8 nitrogen and oxygen atoms in total. The number of sulfonamides is 1. The first-order valence-electron chi connectivity index (χ1n) is 13.0. The van der Waals surface area contributed by atoms with Crippen LogP contribution in [0.5, 0.6) is 0 Å². The number of piperidine rings is 1. The Morgan fingerprint density at radius 2 is 1.66 bits per heavy atom. The van der Waals surface area contributed by atoms with E-state index in [0.29, 0.717) is 24.0 Å². The van der Waals surface area contributed by atoms with Gasteiger partial charge >= 0.3 is 0 Å². The van der Waals surface area contributed by atoms with Crippen LogP contribution in [0.2, 0.25) is 5.02 Å². The van der Waals surface area contributed by atoms with Gasteiger partial charge in [0.05, 0.1) is 4.90 Å². The number of likely N-dealkylation sites (N-methyl/N-ethyl adjacent to an activating group) is 1. The SMILES string of the molecule is CN(C)C(=O)C1CN(S(=O)(=O)c2ccc3cc(Cl)ccc3c2)CCN1CC1CCN(c2ccncc2)CC1. The van der Waals surface area contributed by atoms with Gasteiger partial charge in [-0.3, -0.25) is 14.7 Å². The van der Waals surface area contributed by atoms with E-state index in [2.05, 4.69) is 14.8 Å². The monoisotopic (exact) mass is 555 g/mol. The van der Waals surface area contributed by atoms with Gasteiger partial charge in [0.1, 0.15) is 6.04 Å². The smallest absolute Gasteiger partial charge is 0.243 e. The van der Waals surface area contributed by atoms with Crippen molar-refractivity contribution in [3.8, 4) is 0 Å². The van der Waals surface area contributed by atoms with Gasteiger partial charge in [0.15, 0.2) is 0 Å². The third kappa shape index (κ3) is 5.66. The minimum atomic E-state index is -3.76. The minimum Gasteiger partial charge on any atom is -0.371 e. The molecule has 0 bridgehead atoms. The molecular formula is C28H34ClN5O3S. The first-order valence-corrected chi connectivity index (χ1v) is 14.8. The van der Waals surface area contributed by atoms with E-state index >= 15 is 0 Å². The third-order valence-electron chi connectivity index (χ3n) is 7.73. The van der Waals surface area contributed by atoms with E-state index in [1.165, 1.54) is 9.99 Å². The van der Waals surface area contributed by atoms with Crippen LogP contribution in [0.4, 0.5) is 5.69 Å². The summed E-state index contributed by atoms with van der Waals surface area (Å²) in [6.45, 7) is 3.74. The van der Waals surface area contributed by atoms with E-state index in [4.69, 9.17) is 11.6 Å². The lowest BCUT2D eigenvalue weighted by molar-refractivity contribution is -0.136. The Balaban J connectivity index is 1.29. The Hall–Kier alpha value is -2.72. The predicted molar refractivity (Wildman–Crippen MR) is 151 cm³/mol. The number of benzene rings is 2. The summed E-state index contributed by atoms with van der Waals surface area (Å²) in [5, 5.41) is 2.31. The van der Waals surface area contributed by atoms with E-state index in [9.17, 15) is 13.2 Å². The zero-order valence-corrected chi connectivity index (χ0v) is 23.4. The number of pyridine rings is 1. The molecule has 2 aliphatic rings. The van der Waals surface area contributed by atoms with Crippen molar-refractivity contribution in [3.05, 3.63) is 65.9 Å². The molecule has 0 N–H and O–H groups in total. The lowest BCUT2D eigenvalue weighted by Gasteiger charge is -2.43. The summed E-state index contributed by atoms with van der Waals surface area (Å²) in [5.41, 5.74) is 1.19. The summed E-state index contributed by atoms with van der Waals surface area (Å²) >= 11 is 6.09. The lowest BCUT2D eigenvalue weighted by atomic mass is 9.94. The van der Waals surface area contributed by atoms with Crippen LogP contribution in [0.25, 0.3) is 10.8 Å². The van der Waals surface area contributed by atoms with Gasteiger partial charge in [-0.2, -0.15) is 4.31 Å². The molecule has 202 valence electrons. The van der Waals surface area contributed by atoms with Gasteiger partial charge < -0.3 is 9.80 Å². The van der Waals surface area contributed by atoms with Crippen LogP contribution >= 0.6 is 11.6 Å². The Bertz CT molecular complexity index is 1390. The van der Waals surface area contributed by atoms with Gasteiger partial charge in [0.25, 0.3) is 0 Å². The molecule has 10 heteroatoms. The van der Waals surface area contributed by atoms with Crippen LogP contribution in [0, 0.1) is 5.92 Å². The average Bonchev–Trinajstić information content (AvgIpc) is 2.93. The molecule has 38 heavy (non-hydrogen) atoms. The summed E-state index contributed by atoms with van der Waals surface area (Å²) in [6, 6.07) is 14.1. The number of fused-ring (bicyclic) bond motifs is 1. The first-order chi connectivity index (χ1) is 18.2. The number of amides is 1. The fourth-order valence-electron chi connectivity index (χ4n) is 5.53. The second kappa shape index (κ2) is 11.2. The van der Waals surface area contributed by atoms with Gasteiger partial charge in [0, 0.05) is 76.5 Å². The van der Waals surface area contributed by atoms with Crippen molar-refractivity contribution >= 4 is 44.0 Å². The molecule has 2 saturated heterocycles. The highest BCUT2D eigenvalue weighted by Gasteiger charge is 2.39. The molecule has 0 spiro atoms. The first kappa shape index (κ1) is 26.9. The second-order valence-electron chi connectivity index (χ2n) is 10.4. The molecule has 2 aliphatic heterocycles. The molecular weight excluding hydrogens is 522 g/mol. The Morgan fingerprint density at radius 1 is 0.974 bits per heavy atom. The average molecular weight is 556 g/mol. The zero-order valence-electron chi connectivity index (χ0n) is 21.8. The van der Waals surface area contributed by atoms with Gasteiger partial charge in [-0.15, -0.1) is 0 Å². The molecule has 3 aromatic rings. The van der Waals surface area contributed by atoms with Crippen molar-refractivity contribution in [2.75, 3.05) is 58.3 Å². The number of halogens is 1. The number of piperazine rings is 1. The van der Waals surface area contributed by atoms with E-state index in [0.717, 1.165) is 43.2 Å². The highest BCUT2D eigenvalue weighted by Crippen LogP contribution is 2.28. The number of aromatic nitrogens is 1. The summed E-state index contributed by atoms with van der Waals surface area (Å²) in [5.74, 6) is 0.397. The van der Waals surface area contributed by atoms with Crippen LogP contribution in [0.3, 0.4) is 0 Å². The standard InChI is InChI=1S/C28H34ClN5O3S/c1-31(2)28(35)27-20-34(38(36,37)26-6-4-22-17-24(29)5-3-23(22)18-26)16-15-33(27)19-21-9-13-32(14-10-21)25-7-11-30-12-8-25/h3-8,11-12,17-18,21,27H,9-10,13-16,19-20H2,1-2H3. The highest BCUT2D eigenvalue weighted by atomic mass is 35.5. The maximum atomic E-state index is 13.6. The topological polar surface area (TPSA) is 77.1 Å². The number of carbonyl (C=O) groups excluding carboxylic acids is 1. The number of rotatable bonds is 6. The van der Waals surface area contributed by atoms with Crippen LogP contribution in [0.1, 0.15) is 12.8 Å². The molecule has 3 heterocycles.